The third-order valence-corrected chi connectivity index (χ3v) is 5.98. The highest BCUT2D eigenvalue weighted by molar-refractivity contribution is 5.74. The van der Waals surface area contributed by atoms with E-state index in [-0.39, 0.29) is 12.1 Å². The Morgan fingerprint density at radius 1 is 1.21 bits per heavy atom. The van der Waals surface area contributed by atoms with Gasteiger partial charge in [0.2, 0.25) is 0 Å². The number of hydrogen-bond acceptors (Lipinski definition) is 3. The minimum Gasteiger partial charge on any atom is -0.332 e. The Balaban J connectivity index is 1.31. The van der Waals surface area contributed by atoms with E-state index in [1.54, 1.807) is 0 Å². The molecule has 2 amide bonds. The molecule has 3 fully saturated rings. The van der Waals surface area contributed by atoms with Crippen molar-refractivity contribution in [3.05, 3.63) is 18.0 Å². The summed E-state index contributed by atoms with van der Waals surface area (Å²) in [6.45, 7) is 5.75. The molecule has 2 atom stereocenters. The van der Waals surface area contributed by atoms with Gasteiger partial charge in [0.15, 0.2) is 0 Å². The number of fused-ring (bicyclic) bond motifs is 1. The Kier molecular flexibility index (Phi) is 4.48. The van der Waals surface area contributed by atoms with E-state index in [2.05, 4.69) is 33.1 Å². The van der Waals surface area contributed by atoms with E-state index in [0.717, 1.165) is 18.8 Å². The Morgan fingerprint density at radius 3 is 2.83 bits per heavy atom. The standard InChI is InChI=1S/C18H29N5O/c1-14-12-21-9-4-7-17(21)13-22(14)18(24)19-11-15-8-10-23(20-15)16-5-2-3-6-16/h8,10,14,16-17H,2-7,9,11-13H2,1H3,(H,19,24). The van der Waals surface area contributed by atoms with Crippen LogP contribution >= 0.6 is 0 Å². The van der Waals surface area contributed by atoms with Gasteiger partial charge in [-0.2, -0.15) is 5.10 Å². The lowest BCUT2D eigenvalue weighted by Crippen LogP contribution is -2.58. The number of nitrogens with zero attached hydrogens (tertiary/aromatic N) is 4. The van der Waals surface area contributed by atoms with Crippen molar-refractivity contribution in [3.8, 4) is 0 Å². The molecular weight excluding hydrogens is 302 g/mol. The van der Waals surface area contributed by atoms with Crippen LogP contribution in [0.25, 0.3) is 0 Å². The van der Waals surface area contributed by atoms with Crippen molar-refractivity contribution in [1.29, 1.82) is 0 Å². The van der Waals surface area contributed by atoms with E-state index in [1.165, 1.54) is 45.1 Å². The Hall–Kier alpha value is -1.56. The molecule has 0 bridgehead atoms. The van der Waals surface area contributed by atoms with Gasteiger partial charge in [0.05, 0.1) is 18.3 Å². The van der Waals surface area contributed by atoms with E-state index in [0.29, 0.717) is 18.6 Å². The minimum atomic E-state index is 0.0597. The monoisotopic (exact) mass is 331 g/mol. The molecule has 1 N–H and O–H groups in total. The SMILES string of the molecule is CC1CN2CCCC2CN1C(=O)NCc1ccn(C2CCCC2)n1. The Labute approximate surface area is 144 Å². The van der Waals surface area contributed by atoms with Gasteiger partial charge >= 0.3 is 6.03 Å². The number of aromatic nitrogens is 2. The van der Waals surface area contributed by atoms with Crippen LogP contribution < -0.4 is 5.32 Å². The van der Waals surface area contributed by atoms with Crippen LogP contribution in [0.1, 0.15) is 57.2 Å². The van der Waals surface area contributed by atoms with E-state index in [9.17, 15) is 4.79 Å². The molecule has 24 heavy (non-hydrogen) atoms. The molecule has 0 aromatic carbocycles. The molecule has 3 aliphatic rings. The Morgan fingerprint density at radius 2 is 2.00 bits per heavy atom. The molecule has 1 aromatic rings. The maximum atomic E-state index is 12.6. The molecule has 2 unspecified atom stereocenters. The summed E-state index contributed by atoms with van der Waals surface area (Å²) in [5.74, 6) is 0. The van der Waals surface area contributed by atoms with Crippen molar-refractivity contribution >= 4 is 6.03 Å². The maximum Gasteiger partial charge on any atom is 0.318 e. The smallest absolute Gasteiger partial charge is 0.318 e. The number of piperazine rings is 1. The topological polar surface area (TPSA) is 53.4 Å². The third kappa shape index (κ3) is 3.16. The first-order valence-corrected chi connectivity index (χ1v) is 9.53. The molecule has 0 spiro atoms. The first-order chi connectivity index (χ1) is 11.7. The lowest BCUT2D eigenvalue weighted by Gasteiger charge is -2.42. The number of carbonyl (C=O) groups excluding carboxylic acids is 1. The zero-order valence-corrected chi connectivity index (χ0v) is 14.7. The zero-order chi connectivity index (χ0) is 16.5. The fourth-order valence-corrected chi connectivity index (χ4v) is 4.58. The van der Waals surface area contributed by atoms with Crippen molar-refractivity contribution in [3.63, 3.8) is 0 Å². The van der Waals surface area contributed by atoms with Crippen LogP contribution in [0.4, 0.5) is 4.79 Å². The summed E-state index contributed by atoms with van der Waals surface area (Å²) in [6, 6.07) is 3.51. The van der Waals surface area contributed by atoms with E-state index < -0.39 is 0 Å². The fourth-order valence-electron chi connectivity index (χ4n) is 4.58. The number of carbonyl (C=O) groups is 1. The average Bonchev–Trinajstić information content (AvgIpc) is 3.31. The summed E-state index contributed by atoms with van der Waals surface area (Å²) >= 11 is 0. The van der Waals surface area contributed by atoms with Crippen LogP contribution in [-0.4, -0.2) is 57.3 Å². The van der Waals surface area contributed by atoms with Crippen LogP contribution in [0.3, 0.4) is 0 Å². The maximum absolute atomic E-state index is 12.6. The highest BCUT2D eigenvalue weighted by atomic mass is 16.2. The fraction of sp³-hybridized carbons (Fsp3) is 0.778. The molecule has 6 nitrogen and oxygen atoms in total. The van der Waals surface area contributed by atoms with Crippen LogP contribution in [0, 0.1) is 0 Å². The van der Waals surface area contributed by atoms with Gasteiger partial charge in [0, 0.05) is 31.4 Å². The summed E-state index contributed by atoms with van der Waals surface area (Å²) in [6.07, 6.45) is 9.64. The summed E-state index contributed by atoms with van der Waals surface area (Å²) in [5.41, 5.74) is 0.961. The lowest BCUT2D eigenvalue weighted by atomic mass is 10.1. The van der Waals surface area contributed by atoms with Gasteiger partial charge in [0.25, 0.3) is 0 Å². The summed E-state index contributed by atoms with van der Waals surface area (Å²) in [7, 11) is 0. The molecule has 6 heteroatoms. The predicted molar refractivity (Wildman–Crippen MR) is 92.7 cm³/mol. The van der Waals surface area contributed by atoms with Crippen molar-refractivity contribution in [2.45, 2.75) is 70.1 Å². The number of amides is 2. The van der Waals surface area contributed by atoms with Crippen LogP contribution in [0.5, 0.6) is 0 Å². The molecule has 4 rings (SSSR count). The van der Waals surface area contributed by atoms with Crippen LogP contribution in [-0.2, 0) is 6.54 Å². The number of hydrogen-bond donors (Lipinski definition) is 1. The van der Waals surface area contributed by atoms with Gasteiger partial charge in [0.1, 0.15) is 0 Å². The summed E-state index contributed by atoms with van der Waals surface area (Å²) < 4.78 is 2.09. The molecule has 2 aliphatic heterocycles. The van der Waals surface area contributed by atoms with E-state index in [1.807, 2.05) is 11.0 Å². The zero-order valence-electron chi connectivity index (χ0n) is 14.7. The molecule has 0 radical (unpaired) electrons. The van der Waals surface area contributed by atoms with Crippen molar-refractivity contribution in [2.75, 3.05) is 19.6 Å². The second-order valence-electron chi connectivity index (χ2n) is 7.68. The van der Waals surface area contributed by atoms with Gasteiger partial charge in [-0.25, -0.2) is 4.79 Å². The third-order valence-electron chi connectivity index (χ3n) is 5.98. The van der Waals surface area contributed by atoms with E-state index in [4.69, 9.17) is 0 Å². The second-order valence-corrected chi connectivity index (χ2v) is 7.68. The van der Waals surface area contributed by atoms with Gasteiger partial charge in [-0.1, -0.05) is 12.8 Å². The lowest BCUT2D eigenvalue weighted by molar-refractivity contribution is 0.0802. The molecule has 1 aliphatic carbocycles. The van der Waals surface area contributed by atoms with Crippen molar-refractivity contribution < 1.29 is 4.79 Å². The largest absolute Gasteiger partial charge is 0.332 e. The van der Waals surface area contributed by atoms with E-state index >= 15 is 0 Å². The molecule has 1 saturated carbocycles. The van der Waals surface area contributed by atoms with Crippen molar-refractivity contribution in [1.82, 2.24) is 24.9 Å². The first-order valence-electron chi connectivity index (χ1n) is 9.53. The number of nitrogens with one attached hydrogen (secondary N) is 1. The molecule has 1 aromatic heterocycles. The highest BCUT2D eigenvalue weighted by Crippen LogP contribution is 2.28. The highest BCUT2D eigenvalue weighted by Gasteiger charge is 2.36. The van der Waals surface area contributed by atoms with Crippen LogP contribution in [0.2, 0.25) is 0 Å². The first kappa shape index (κ1) is 15.9. The van der Waals surface area contributed by atoms with Gasteiger partial charge in [-0.3, -0.25) is 9.58 Å². The summed E-state index contributed by atoms with van der Waals surface area (Å²) in [4.78, 5) is 17.1. The normalized spacial score (nSPS) is 28.3. The number of urea groups is 1. The van der Waals surface area contributed by atoms with Crippen LogP contribution in [0.15, 0.2) is 12.3 Å². The molecule has 3 heterocycles. The number of rotatable bonds is 3. The quantitative estimate of drug-likeness (QED) is 0.925. The molecule has 132 valence electrons. The van der Waals surface area contributed by atoms with Crippen molar-refractivity contribution in [2.24, 2.45) is 0 Å². The molecule has 2 saturated heterocycles. The second kappa shape index (κ2) is 6.75. The minimum absolute atomic E-state index is 0.0597. The molecular formula is C18H29N5O. The van der Waals surface area contributed by atoms with Gasteiger partial charge in [-0.15, -0.1) is 0 Å². The Bertz CT molecular complexity index is 580. The van der Waals surface area contributed by atoms with Gasteiger partial charge in [-0.05, 0) is 45.2 Å². The average molecular weight is 331 g/mol. The van der Waals surface area contributed by atoms with Gasteiger partial charge < -0.3 is 10.2 Å². The summed E-state index contributed by atoms with van der Waals surface area (Å²) in [5, 5.41) is 7.73. The predicted octanol–water partition coefficient (Wildman–Crippen LogP) is 2.38.